The van der Waals surface area contributed by atoms with Gasteiger partial charge in [-0.1, -0.05) is 11.6 Å². The van der Waals surface area contributed by atoms with Crippen LogP contribution in [0.4, 0.5) is 5.69 Å². The lowest BCUT2D eigenvalue weighted by Gasteiger charge is -2.32. The van der Waals surface area contributed by atoms with Gasteiger partial charge in [-0.25, -0.2) is 0 Å². The molecule has 6 nitrogen and oxygen atoms in total. The summed E-state index contributed by atoms with van der Waals surface area (Å²) in [6.45, 7) is 1.21. The number of aryl methyl sites for hydroxylation is 1. The van der Waals surface area contributed by atoms with E-state index in [1.54, 1.807) is 24.1 Å². The van der Waals surface area contributed by atoms with Gasteiger partial charge in [0.1, 0.15) is 29.4 Å². The van der Waals surface area contributed by atoms with E-state index in [9.17, 15) is 9.59 Å². The Balaban J connectivity index is 1.41. The number of halogens is 1. The van der Waals surface area contributed by atoms with Gasteiger partial charge in [0.15, 0.2) is 0 Å². The van der Waals surface area contributed by atoms with Gasteiger partial charge in [0, 0.05) is 50.8 Å². The van der Waals surface area contributed by atoms with Gasteiger partial charge in [-0.15, -0.1) is 0 Å². The monoisotopic (exact) mass is 402 g/mol. The molecule has 0 saturated carbocycles. The molecule has 2 amide bonds. The van der Waals surface area contributed by atoms with Crippen molar-refractivity contribution in [3.05, 3.63) is 46.9 Å². The van der Waals surface area contributed by atoms with E-state index in [0.717, 1.165) is 30.8 Å². The van der Waals surface area contributed by atoms with E-state index < -0.39 is 0 Å². The molecule has 2 aliphatic rings. The minimum Gasteiger partial charge on any atom is -0.490 e. The summed E-state index contributed by atoms with van der Waals surface area (Å²) in [6, 6.07) is 7.32. The number of anilines is 1. The van der Waals surface area contributed by atoms with Crippen LogP contribution in [0.15, 0.2) is 34.9 Å². The lowest BCUT2D eigenvalue weighted by Crippen LogP contribution is -2.42. The number of carbonyl (C=O) groups excluding carboxylic acids is 2. The zero-order valence-electron chi connectivity index (χ0n) is 15.8. The van der Waals surface area contributed by atoms with Crippen LogP contribution >= 0.6 is 11.6 Å². The van der Waals surface area contributed by atoms with Crippen LogP contribution in [0.25, 0.3) is 0 Å². The first-order chi connectivity index (χ1) is 13.5. The smallest absolute Gasteiger partial charge is 0.259 e. The van der Waals surface area contributed by atoms with E-state index in [4.69, 9.17) is 20.8 Å². The van der Waals surface area contributed by atoms with Crippen molar-refractivity contribution in [2.24, 2.45) is 0 Å². The van der Waals surface area contributed by atoms with Crippen LogP contribution in [0, 0.1) is 0 Å². The number of hydrogen-bond acceptors (Lipinski definition) is 4. The zero-order chi connectivity index (χ0) is 19.7. The Labute approximate surface area is 169 Å². The van der Waals surface area contributed by atoms with Gasteiger partial charge in [-0.3, -0.25) is 9.59 Å². The molecule has 0 N–H and O–H groups in total. The lowest BCUT2D eigenvalue weighted by atomic mass is 10.1. The van der Waals surface area contributed by atoms with Crippen molar-refractivity contribution in [2.75, 3.05) is 25.0 Å². The summed E-state index contributed by atoms with van der Waals surface area (Å²) in [5.41, 5.74) is 1.11. The topological polar surface area (TPSA) is 63.0 Å². The average molecular weight is 403 g/mol. The second-order valence-electron chi connectivity index (χ2n) is 7.29. The molecule has 0 spiro atoms. The number of piperidine rings is 1. The molecule has 1 saturated heterocycles. The molecule has 1 fully saturated rings. The second kappa shape index (κ2) is 7.87. The number of furan rings is 1. The first-order valence-electron chi connectivity index (χ1n) is 9.61. The predicted molar refractivity (Wildman–Crippen MR) is 106 cm³/mol. The van der Waals surface area contributed by atoms with Crippen molar-refractivity contribution in [1.29, 1.82) is 0 Å². The van der Waals surface area contributed by atoms with Crippen LogP contribution in [-0.4, -0.2) is 43.0 Å². The summed E-state index contributed by atoms with van der Waals surface area (Å²) < 4.78 is 11.6. The number of hydrogen-bond donors (Lipinski definition) is 0. The van der Waals surface area contributed by atoms with Gasteiger partial charge in [-0.05, 0) is 30.7 Å². The fourth-order valence-electron chi connectivity index (χ4n) is 3.83. The summed E-state index contributed by atoms with van der Waals surface area (Å²) in [4.78, 5) is 28.7. The van der Waals surface area contributed by atoms with Crippen molar-refractivity contribution in [1.82, 2.24) is 4.90 Å². The fourth-order valence-corrected chi connectivity index (χ4v) is 3.96. The largest absolute Gasteiger partial charge is 0.490 e. The molecule has 2 aromatic rings. The summed E-state index contributed by atoms with van der Waals surface area (Å²) in [5, 5.41) is 0.676. The molecule has 148 valence electrons. The van der Waals surface area contributed by atoms with Gasteiger partial charge in [-0.2, -0.15) is 0 Å². The molecule has 0 unspecified atom stereocenters. The number of rotatable bonds is 3. The molecule has 4 rings (SSSR count). The van der Waals surface area contributed by atoms with Crippen LogP contribution in [-0.2, 0) is 11.2 Å². The Hall–Kier alpha value is -2.47. The van der Waals surface area contributed by atoms with Crippen molar-refractivity contribution < 1.29 is 18.7 Å². The normalized spacial score (nSPS) is 18.0. The van der Waals surface area contributed by atoms with Gasteiger partial charge in [0.05, 0.1) is 5.69 Å². The molecule has 7 heteroatoms. The van der Waals surface area contributed by atoms with E-state index in [0.29, 0.717) is 42.2 Å². The minimum atomic E-state index is -0.0866. The highest BCUT2D eigenvalue weighted by Crippen LogP contribution is 2.33. The summed E-state index contributed by atoms with van der Waals surface area (Å²) in [6.07, 6.45) is 4.96. The third-order valence-electron chi connectivity index (χ3n) is 5.42. The van der Waals surface area contributed by atoms with Crippen LogP contribution in [0.2, 0.25) is 5.02 Å². The molecule has 3 heterocycles. The van der Waals surface area contributed by atoms with Gasteiger partial charge < -0.3 is 19.0 Å². The quantitative estimate of drug-likeness (QED) is 0.780. The number of likely N-dealkylation sites (tertiary alicyclic amines) is 1. The molecule has 0 atom stereocenters. The van der Waals surface area contributed by atoms with Crippen LogP contribution in [0.1, 0.15) is 41.8 Å². The number of fused-ring (bicyclic) bond motifs is 1. The predicted octanol–water partition coefficient (Wildman–Crippen LogP) is 3.92. The van der Waals surface area contributed by atoms with Crippen molar-refractivity contribution in [3.63, 3.8) is 0 Å². The number of benzene rings is 1. The first kappa shape index (κ1) is 18.9. The van der Waals surface area contributed by atoms with E-state index in [1.165, 1.54) is 6.26 Å². The molecule has 28 heavy (non-hydrogen) atoms. The van der Waals surface area contributed by atoms with E-state index >= 15 is 0 Å². The zero-order valence-corrected chi connectivity index (χ0v) is 16.6. The average Bonchev–Trinajstić information content (AvgIpc) is 3.07. The molecule has 1 aromatic carbocycles. The highest BCUT2D eigenvalue weighted by molar-refractivity contribution is 6.30. The van der Waals surface area contributed by atoms with Gasteiger partial charge >= 0.3 is 0 Å². The Morgan fingerprint density at radius 2 is 1.89 bits per heavy atom. The van der Waals surface area contributed by atoms with Crippen molar-refractivity contribution in [2.45, 2.75) is 38.2 Å². The number of nitrogens with zero attached hydrogens (tertiary/aromatic N) is 2. The van der Waals surface area contributed by atoms with Crippen molar-refractivity contribution >= 4 is 29.1 Å². The Bertz CT molecular complexity index is 869. The third kappa shape index (κ3) is 3.74. The first-order valence-corrected chi connectivity index (χ1v) is 9.99. The number of amides is 2. The van der Waals surface area contributed by atoms with E-state index in [1.807, 2.05) is 17.0 Å². The Morgan fingerprint density at radius 3 is 2.61 bits per heavy atom. The van der Waals surface area contributed by atoms with Crippen LogP contribution < -0.4 is 9.64 Å². The van der Waals surface area contributed by atoms with E-state index in [-0.39, 0.29) is 17.9 Å². The maximum Gasteiger partial charge on any atom is 0.259 e. The molecule has 0 radical (unpaired) electrons. The highest BCUT2D eigenvalue weighted by atomic mass is 35.5. The van der Waals surface area contributed by atoms with Gasteiger partial charge in [0.25, 0.3) is 5.91 Å². The summed E-state index contributed by atoms with van der Waals surface area (Å²) >= 11 is 5.91. The Morgan fingerprint density at radius 1 is 1.18 bits per heavy atom. The molecule has 2 aliphatic heterocycles. The molecular formula is C21H23ClN2O4. The lowest BCUT2D eigenvalue weighted by molar-refractivity contribution is -0.118. The van der Waals surface area contributed by atoms with Crippen molar-refractivity contribution in [3.8, 4) is 5.75 Å². The standard InChI is InChI=1S/C21H23ClN2O4/c1-23-19(25)4-2-3-18-20(23)17(13-27-18)21(26)24-11-9-16(10-12-24)28-15-7-5-14(22)6-8-15/h5-8,13,16H,2-4,9-12H2,1H3. The minimum absolute atomic E-state index is 0.0178. The van der Waals surface area contributed by atoms with Gasteiger partial charge in [0.2, 0.25) is 5.91 Å². The molecule has 1 aromatic heterocycles. The number of carbonyl (C=O) groups is 2. The highest BCUT2D eigenvalue weighted by Gasteiger charge is 2.32. The summed E-state index contributed by atoms with van der Waals surface area (Å²) in [7, 11) is 1.71. The third-order valence-corrected chi connectivity index (χ3v) is 5.67. The fraction of sp³-hybridized carbons (Fsp3) is 0.429. The second-order valence-corrected chi connectivity index (χ2v) is 7.73. The maximum atomic E-state index is 13.1. The van der Waals surface area contributed by atoms with E-state index in [2.05, 4.69) is 0 Å². The molecular weight excluding hydrogens is 380 g/mol. The summed E-state index contributed by atoms with van der Waals surface area (Å²) in [5.74, 6) is 1.44. The SMILES string of the molecule is CN1C(=O)CCCc2occ(C(=O)N3CCC(Oc4ccc(Cl)cc4)CC3)c21. The van der Waals surface area contributed by atoms with Crippen LogP contribution in [0.3, 0.4) is 0 Å². The maximum absolute atomic E-state index is 13.1. The van der Waals surface area contributed by atoms with Crippen LogP contribution in [0.5, 0.6) is 5.75 Å². The Kier molecular flexibility index (Phi) is 5.31. The number of ether oxygens (including phenoxy) is 1. The molecule has 0 bridgehead atoms. The molecule has 0 aliphatic carbocycles.